The van der Waals surface area contributed by atoms with E-state index in [1.165, 1.54) is 24.4 Å². The molecule has 0 atom stereocenters. The van der Waals surface area contributed by atoms with Gasteiger partial charge in [-0.05, 0) is 24.3 Å². The molecule has 5 nitrogen and oxygen atoms in total. The molecule has 1 aliphatic heterocycles. The average molecular weight is 275 g/mol. The normalized spacial score (nSPS) is 14.7. The van der Waals surface area contributed by atoms with Gasteiger partial charge in [-0.25, -0.2) is 4.98 Å². The molecule has 0 radical (unpaired) electrons. The van der Waals surface area contributed by atoms with Gasteiger partial charge in [-0.2, -0.15) is 5.26 Å². The van der Waals surface area contributed by atoms with E-state index in [4.69, 9.17) is 5.26 Å². The quantitative estimate of drug-likeness (QED) is 0.912. The molecule has 2 heterocycles. The van der Waals surface area contributed by atoms with Crippen LogP contribution in [0.5, 0.6) is 11.5 Å². The summed E-state index contributed by atoms with van der Waals surface area (Å²) in [7, 11) is 0. The molecule has 0 spiro atoms. The van der Waals surface area contributed by atoms with Gasteiger partial charge in [-0.3, -0.25) is 0 Å². The molecule has 0 aliphatic carbocycles. The molecule has 0 fully saturated rings. The highest BCUT2D eigenvalue weighted by Crippen LogP contribution is 2.42. The molecule has 0 bridgehead atoms. The molecule has 1 N–H and O–H groups in total. The number of ether oxygens (including phenoxy) is 2. The second-order valence-corrected chi connectivity index (χ2v) is 3.97. The van der Waals surface area contributed by atoms with Gasteiger partial charge >= 0.3 is 6.29 Å². The highest BCUT2D eigenvalue weighted by atomic mass is 19.3. The van der Waals surface area contributed by atoms with Gasteiger partial charge < -0.3 is 14.8 Å². The van der Waals surface area contributed by atoms with E-state index in [1.54, 1.807) is 12.1 Å². The van der Waals surface area contributed by atoms with Crippen molar-refractivity contribution in [2.75, 3.05) is 5.32 Å². The second-order valence-electron chi connectivity index (χ2n) is 3.97. The lowest BCUT2D eigenvalue weighted by Crippen LogP contribution is -2.25. The van der Waals surface area contributed by atoms with Gasteiger partial charge in [0.25, 0.3) is 0 Å². The Kier molecular flexibility index (Phi) is 2.64. The first kappa shape index (κ1) is 12.2. The largest absolute Gasteiger partial charge is 0.586 e. The van der Waals surface area contributed by atoms with Crippen molar-refractivity contribution in [1.29, 1.82) is 5.26 Å². The molecule has 0 amide bonds. The van der Waals surface area contributed by atoms with Crippen molar-refractivity contribution in [2.45, 2.75) is 6.29 Å². The van der Waals surface area contributed by atoms with Crippen LogP contribution in [0.3, 0.4) is 0 Å². The molecule has 0 saturated heterocycles. The fraction of sp³-hybridized carbons (Fsp3) is 0.0769. The summed E-state index contributed by atoms with van der Waals surface area (Å²) in [6, 6.07) is 9.44. The molecule has 3 rings (SSSR count). The number of fused-ring (bicyclic) bond motifs is 1. The smallest absolute Gasteiger partial charge is 0.395 e. The van der Waals surface area contributed by atoms with Crippen molar-refractivity contribution in [2.24, 2.45) is 0 Å². The van der Waals surface area contributed by atoms with Gasteiger partial charge in [0.2, 0.25) is 0 Å². The lowest BCUT2D eigenvalue weighted by Gasteiger charge is -2.07. The minimum absolute atomic E-state index is 0.0397. The standard InChI is InChI=1S/C13H7F2N3O2/c14-13(15)19-10-4-3-9(6-11(10)20-13)18-12-8(7-16)2-1-5-17-12/h1-6H,(H,17,18). The minimum atomic E-state index is -3.65. The monoisotopic (exact) mass is 275 g/mol. The first-order valence-corrected chi connectivity index (χ1v) is 5.59. The lowest BCUT2D eigenvalue weighted by atomic mass is 10.2. The summed E-state index contributed by atoms with van der Waals surface area (Å²) >= 11 is 0. The molecule has 0 saturated carbocycles. The Balaban J connectivity index is 1.89. The van der Waals surface area contributed by atoms with Gasteiger partial charge in [0.15, 0.2) is 11.5 Å². The highest BCUT2D eigenvalue weighted by molar-refractivity contribution is 5.65. The number of nitrogens with zero attached hydrogens (tertiary/aromatic N) is 2. The van der Waals surface area contributed by atoms with E-state index in [0.29, 0.717) is 17.1 Å². The molecule has 100 valence electrons. The minimum Gasteiger partial charge on any atom is -0.395 e. The van der Waals surface area contributed by atoms with Crippen LogP contribution in [0.1, 0.15) is 5.56 Å². The maximum atomic E-state index is 12.9. The van der Waals surface area contributed by atoms with Crippen LogP contribution < -0.4 is 14.8 Å². The number of pyridine rings is 1. The summed E-state index contributed by atoms with van der Waals surface area (Å²) in [5.74, 6) is 0.220. The summed E-state index contributed by atoms with van der Waals surface area (Å²) < 4.78 is 34.4. The molecular formula is C13H7F2N3O2. The van der Waals surface area contributed by atoms with Gasteiger partial charge in [0.1, 0.15) is 11.9 Å². The van der Waals surface area contributed by atoms with Crippen LogP contribution in [-0.2, 0) is 0 Å². The van der Waals surface area contributed by atoms with Gasteiger partial charge in [0, 0.05) is 18.0 Å². The van der Waals surface area contributed by atoms with E-state index in [1.807, 2.05) is 6.07 Å². The zero-order valence-electron chi connectivity index (χ0n) is 9.93. The number of anilines is 2. The van der Waals surface area contributed by atoms with Crippen LogP contribution in [-0.4, -0.2) is 11.3 Å². The molecule has 0 unspecified atom stereocenters. The fourth-order valence-corrected chi connectivity index (χ4v) is 1.76. The van der Waals surface area contributed by atoms with Crippen molar-refractivity contribution in [3.8, 4) is 17.6 Å². The summed E-state index contributed by atoms with van der Waals surface area (Å²) in [6.07, 6.45) is -2.13. The van der Waals surface area contributed by atoms with Crippen molar-refractivity contribution >= 4 is 11.5 Å². The third-order valence-electron chi connectivity index (χ3n) is 2.59. The van der Waals surface area contributed by atoms with Crippen LogP contribution in [0.25, 0.3) is 0 Å². The van der Waals surface area contributed by atoms with Gasteiger partial charge in [-0.1, -0.05) is 0 Å². The second kappa shape index (κ2) is 4.35. The summed E-state index contributed by atoms with van der Waals surface area (Å²) in [5.41, 5.74) is 0.802. The Morgan fingerprint density at radius 1 is 1.20 bits per heavy atom. The number of rotatable bonds is 2. The van der Waals surface area contributed by atoms with Crippen LogP contribution in [0.2, 0.25) is 0 Å². The van der Waals surface area contributed by atoms with E-state index < -0.39 is 6.29 Å². The predicted molar refractivity (Wildman–Crippen MR) is 64.9 cm³/mol. The Morgan fingerprint density at radius 3 is 2.80 bits per heavy atom. The van der Waals surface area contributed by atoms with Crippen molar-refractivity contribution < 1.29 is 18.3 Å². The first-order valence-electron chi connectivity index (χ1n) is 5.59. The molecule has 1 aliphatic rings. The van der Waals surface area contributed by atoms with Crippen LogP contribution in [0, 0.1) is 11.3 Å². The Morgan fingerprint density at radius 2 is 2.00 bits per heavy atom. The Hall–Kier alpha value is -2.88. The number of halogens is 2. The van der Waals surface area contributed by atoms with Gasteiger partial charge in [-0.15, -0.1) is 8.78 Å². The Labute approximate surface area is 112 Å². The molecule has 20 heavy (non-hydrogen) atoms. The van der Waals surface area contributed by atoms with E-state index in [2.05, 4.69) is 19.8 Å². The molecule has 1 aromatic carbocycles. The maximum absolute atomic E-state index is 12.9. The van der Waals surface area contributed by atoms with Crippen molar-refractivity contribution in [3.05, 3.63) is 42.1 Å². The van der Waals surface area contributed by atoms with E-state index >= 15 is 0 Å². The number of hydrogen-bond donors (Lipinski definition) is 1. The van der Waals surface area contributed by atoms with E-state index in [0.717, 1.165) is 0 Å². The Bertz CT molecular complexity index is 713. The third kappa shape index (κ3) is 2.19. The fourth-order valence-electron chi connectivity index (χ4n) is 1.76. The third-order valence-corrected chi connectivity index (χ3v) is 2.59. The van der Waals surface area contributed by atoms with Crippen LogP contribution in [0.15, 0.2) is 36.5 Å². The zero-order chi connectivity index (χ0) is 14.2. The summed E-state index contributed by atoms with van der Waals surface area (Å²) in [4.78, 5) is 4.01. The predicted octanol–water partition coefficient (Wildman–Crippen LogP) is 3.02. The number of alkyl halides is 2. The highest BCUT2D eigenvalue weighted by Gasteiger charge is 2.43. The molecular weight excluding hydrogens is 268 g/mol. The number of aromatic nitrogens is 1. The summed E-state index contributed by atoms with van der Waals surface area (Å²) in [5, 5.41) is 11.8. The number of benzene rings is 1. The van der Waals surface area contributed by atoms with Crippen molar-refractivity contribution in [3.63, 3.8) is 0 Å². The summed E-state index contributed by atoms with van der Waals surface area (Å²) in [6.45, 7) is 0. The number of nitrogens with one attached hydrogen (secondary N) is 1. The van der Waals surface area contributed by atoms with Crippen LogP contribution in [0.4, 0.5) is 20.3 Å². The zero-order valence-corrected chi connectivity index (χ0v) is 9.93. The molecule has 2 aromatic rings. The topological polar surface area (TPSA) is 67.2 Å². The molecule has 7 heteroatoms. The first-order chi connectivity index (χ1) is 9.57. The van der Waals surface area contributed by atoms with E-state index in [-0.39, 0.29) is 11.5 Å². The van der Waals surface area contributed by atoms with E-state index in [9.17, 15) is 8.78 Å². The number of hydrogen-bond acceptors (Lipinski definition) is 5. The van der Waals surface area contributed by atoms with Gasteiger partial charge in [0.05, 0.1) is 5.56 Å². The SMILES string of the molecule is N#Cc1cccnc1Nc1ccc2c(c1)OC(F)(F)O2. The average Bonchev–Trinajstić information content (AvgIpc) is 2.72. The maximum Gasteiger partial charge on any atom is 0.586 e. The number of nitriles is 1. The lowest BCUT2D eigenvalue weighted by molar-refractivity contribution is -0.286. The van der Waals surface area contributed by atoms with Crippen LogP contribution >= 0.6 is 0 Å². The molecule has 1 aromatic heterocycles. The van der Waals surface area contributed by atoms with Crippen molar-refractivity contribution in [1.82, 2.24) is 4.98 Å².